The average molecular weight is 326 g/mol. The Balaban J connectivity index is 0.00000180. The predicted molar refractivity (Wildman–Crippen MR) is 87.9 cm³/mol. The van der Waals surface area contributed by atoms with Gasteiger partial charge in [0, 0.05) is 25.0 Å². The molecule has 2 N–H and O–H groups in total. The quantitative estimate of drug-likeness (QED) is 0.826. The topological polar surface area (TPSA) is 44.4 Å². The van der Waals surface area contributed by atoms with Crippen molar-refractivity contribution >= 4 is 30.7 Å². The van der Waals surface area contributed by atoms with E-state index in [0.717, 1.165) is 39.0 Å². The lowest BCUT2D eigenvalue weighted by Crippen LogP contribution is -2.43. The Morgan fingerprint density at radius 1 is 1.35 bits per heavy atom. The zero-order valence-corrected chi connectivity index (χ0v) is 14.2. The molecule has 0 aliphatic carbocycles. The third-order valence-corrected chi connectivity index (χ3v) is 4.38. The second-order valence-corrected chi connectivity index (χ2v) is 5.87. The number of halogens is 2. The summed E-state index contributed by atoms with van der Waals surface area (Å²) in [7, 11) is 0. The minimum atomic E-state index is 0. The molecule has 2 fully saturated rings. The molecule has 120 valence electrons. The standard InChI is InChI=1S/C14H27N3O.2ClH/c1-3-17-7-5-12(10-17)9-16-14(18)13-4-6-15-11(2)8-13;;/h11-13,15H,3-10H2,1-2H3,(H,16,18);2*1H/t11-,12?,13-;;/m0../s1. The molecule has 0 aromatic heterocycles. The van der Waals surface area contributed by atoms with E-state index in [1.165, 1.54) is 13.0 Å². The molecule has 2 aliphatic heterocycles. The van der Waals surface area contributed by atoms with Gasteiger partial charge in [-0.2, -0.15) is 0 Å². The minimum Gasteiger partial charge on any atom is -0.356 e. The normalized spacial score (nSPS) is 30.2. The average Bonchev–Trinajstić information content (AvgIpc) is 2.84. The van der Waals surface area contributed by atoms with Crippen molar-refractivity contribution in [3.8, 4) is 0 Å². The Hall–Kier alpha value is -0.0300. The second-order valence-electron chi connectivity index (χ2n) is 5.87. The van der Waals surface area contributed by atoms with Crippen molar-refractivity contribution in [1.82, 2.24) is 15.5 Å². The lowest BCUT2D eigenvalue weighted by molar-refractivity contribution is -0.126. The maximum atomic E-state index is 12.1. The van der Waals surface area contributed by atoms with Gasteiger partial charge in [0.15, 0.2) is 0 Å². The van der Waals surface area contributed by atoms with Crippen molar-refractivity contribution < 1.29 is 4.79 Å². The number of hydrogen-bond acceptors (Lipinski definition) is 3. The molecule has 1 unspecified atom stereocenters. The molecule has 0 spiro atoms. The molecular formula is C14H29Cl2N3O. The first-order chi connectivity index (χ1) is 8.69. The molecule has 2 saturated heterocycles. The number of carbonyl (C=O) groups is 1. The molecule has 0 aromatic carbocycles. The number of carbonyl (C=O) groups excluding carboxylic acids is 1. The molecule has 0 radical (unpaired) electrons. The van der Waals surface area contributed by atoms with Crippen LogP contribution in [0.5, 0.6) is 0 Å². The van der Waals surface area contributed by atoms with Crippen LogP contribution in [0, 0.1) is 11.8 Å². The van der Waals surface area contributed by atoms with Gasteiger partial charge in [0.25, 0.3) is 0 Å². The molecule has 20 heavy (non-hydrogen) atoms. The monoisotopic (exact) mass is 325 g/mol. The highest BCUT2D eigenvalue weighted by Crippen LogP contribution is 2.18. The number of nitrogens with zero attached hydrogens (tertiary/aromatic N) is 1. The fraction of sp³-hybridized carbons (Fsp3) is 0.929. The Labute approximate surface area is 135 Å². The third-order valence-electron chi connectivity index (χ3n) is 4.38. The number of nitrogens with one attached hydrogen (secondary N) is 2. The summed E-state index contributed by atoms with van der Waals surface area (Å²) in [5, 5.41) is 6.56. The van der Waals surface area contributed by atoms with Gasteiger partial charge in [0.2, 0.25) is 5.91 Å². The van der Waals surface area contributed by atoms with Crippen LogP contribution in [0.2, 0.25) is 0 Å². The Morgan fingerprint density at radius 3 is 2.70 bits per heavy atom. The highest BCUT2D eigenvalue weighted by atomic mass is 35.5. The molecule has 1 amide bonds. The predicted octanol–water partition coefficient (Wildman–Crippen LogP) is 1.68. The van der Waals surface area contributed by atoms with Crippen molar-refractivity contribution in [2.45, 2.75) is 39.2 Å². The van der Waals surface area contributed by atoms with Gasteiger partial charge >= 0.3 is 0 Å². The van der Waals surface area contributed by atoms with Gasteiger partial charge in [-0.05, 0) is 51.7 Å². The number of piperidine rings is 1. The summed E-state index contributed by atoms with van der Waals surface area (Å²) in [5.41, 5.74) is 0. The van der Waals surface area contributed by atoms with Crippen LogP contribution >= 0.6 is 24.8 Å². The number of rotatable bonds is 4. The van der Waals surface area contributed by atoms with Crippen LogP contribution in [0.4, 0.5) is 0 Å². The number of hydrogen-bond donors (Lipinski definition) is 2. The summed E-state index contributed by atoms with van der Waals surface area (Å²) in [6.07, 6.45) is 3.20. The van der Waals surface area contributed by atoms with E-state index in [0.29, 0.717) is 12.0 Å². The maximum absolute atomic E-state index is 12.1. The van der Waals surface area contributed by atoms with E-state index < -0.39 is 0 Å². The zero-order valence-electron chi connectivity index (χ0n) is 12.6. The van der Waals surface area contributed by atoms with Crippen LogP contribution in [0.1, 0.15) is 33.1 Å². The van der Waals surface area contributed by atoms with E-state index >= 15 is 0 Å². The molecular weight excluding hydrogens is 297 g/mol. The van der Waals surface area contributed by atoms with Crippen molar-refractivity contribution in [3.05, 3.63) is 0 Å². The highest BCUT2D eigenvalue weighted by molar-refractivity contribution is 5.85. The Bertz CT molecular complexity index is 292. The van der Waals surface area contributed by atoms with Gasteiger partial charge in [-0.1, -0.05) is 6.92 Å². The van der Waals surface area contributed by atoms with E-state index in [4.69, 9.17) is 0 Å². The zero-order chi connectivity index (χ0) is 13.0. The van der Waals surface area contributed by atoms with Gasteiger partial charge in [0.05, 0.1) is 0 Å². The van der Waals surface area contributed by atoms with Crippen molar-refractivity contribution in [2.24, 2.45) is 11.8 Å². The van der Waals surface area contributed by atoms with Crippen LogP contribution in [0.15, 0.2) is 0 Å². The van der Waals surface area contributed by atoms with Crippen LogP contribution < -0.4 is 10.6 Å². The van der Waals surface area contributed by atoms with Crippen molar-refractivity contribution in [3.63, 3.8) is 0 Å². The molecule has 3 atom stereocenters. The van der Waals surface area contributed by atoms with Crippen molar-refractivity contribution in [1.29, 1.82) is 0 Å². The van der Waals surface area contributed by atoms with E-state index in [1.807, 2.05) is 0 Å². The second kappa shape index (κ2) is 9.82. The van der Waals surface area contributed by atoms with Crippen LogP contribution in [-0.4, -0.2) is 49.6 Å². The van der Waals surface area contributed by atoms with Gasteiger partial charge in [-0.15, -0.1) is 24.8 Å². The fourth-order valence-electron chi connectivity index (χ4n) is 3.13. The Morgan fingerprint density at radius 2 is 2.10 bits per heavy atom. The summed E-state index contributed by atoms with van der Waals surface area (Å²) in [6.45, 7) is 9.70. The number of likely N-dealkylation sites (tertiary alicyclic amines) is 1. The van der Waals surface area contributed by atoms with E-state index in [2.05, 4.69) is 29.4 Å². The molecule has 0 saturated carbocycles. The molecule has 0 aromatic rings. The first kappa shape index (κ1) is 20.0. The summed E-state index contributed by atoms with van der Waals surface area (Å²) < 4.78 is 0. The molecule has 2 aliphatic rings. The molecule has 2 rings (SSSR count). The smallest absolute Gasteiger partial charge is 0.223 e. The molecule has 6 heteroatoms. The van der Waals surface area contributed by atoms with E-state index in [1.54, 1.807) is 0 Å². The van der Waals surface area contributed by atoms with Gasteiger partial charge in [-0.3, -0.25) is 4.79 Å². The van der Waals surface area contributed by atoms with Crippen LogP contribution in [-0.2, 0) is 4.79 Å². The lowest BCUT2D eigenvalue weighted by atomic mass is 9.92. The molecule has 0 bridgehead atoms. The fourth-order valence-corrected chi connectivity index (χ4v) is 3.13. The largest absolute Gasteiger partial charge is 0.356 e. The highest BCUT2D eigenvalue weighted by Gasteiger charge is 2.26. The third kappa shape index (κ3) is 5.76. The van der Waals surface area contributed by atoms with E-state index in [9.17, 15) is 4.79 Å². The first-order valence-electron chi connectivity index (χ1n) is 7.42. The molecule has 4 nitrogen and oxygen atoms in total. The summed E-state index contributed by atoms with van der Waals surface area (Å²) in [5.74, 6) is 1.16. The SMILES string of the molecule is CCN1CCC(CNC(=O)[C@H]2CCN[C@@H](C)C2)C1.Cl.Cl. The van der Waals surface area contributed by atoms with Crippen LogP contribution in [0.25, 0.3) is 0 Å². The number of amides is 1. The summed E-state index contributed by atoms with van der Waals surface area (Å²) >= 11 is 0. The summed E-state index contributed by atoms with van der Waals surface area (Å²) in [4.78, 5) is 14.6. The molecule has 2 heterocycles. The van der Waals surface area contributed by atoms with Gasteiger partial charge < -0.3 is 15.5 Å². The minimum absolute atomic E-state index is 0. The lowest BCUT2D eigenvalue weighted by Gasteiger charge is -2.27. The maximum Gasteiger partial charge on any atom is 0.223 e. The van der Waals surface area contributed by atoms with E-state index in [-0.39, 0.29) is 36.6 Å². The first-order valence-corrected chi connectivity index (χ1v) is 7.42. The summed E-state index contributed by atoms with van der Waals surface area (Å²) in [6, 6.07) is 0.483. The van der Waals surface area contributed by atoms with Crippen molar-refractivity contribution in [2.75, 3.05) is 32.7 Å². The van der Waals surface area contributed by atoms with Gasteiger partial charge in [-0.25, -0.2) is 0 Å². The van der Waals surface area contributed by atoms with Gasteiger partial charge in [0.1, 0.15) is 0 Å². The Kier molecular flexibility index (Phi) is 9.81. The van der Waals surface area contributed by atoms with Crippen LogP contribution in [0.3, 0.4) is 0 Å².